The van der Waals surface area contributed by atoms with Crippen molar-refractivity contribution < 1.29 is 23.1 Å². The summed E-state index contributed by atoms with van der Waals surface area (Å²) in [4.78, 5) is 21.9. The van der Waals surface area contributed by atoms with Crippen molar-refractivity contribution in [1.82, 2.24) is 5.32 Å². The average Bonchev–Trinajstić information content (AvgIpc) is 2.54. The summed E-state index contributed by atoms with van der Waals surface area (Å²) in [5.41, 5.74) is 4.80. The van der Waals surface area contributed by atoms with Crippen LogP contribution in [0.2, 0.25) is 0 Å². The number of primary amides is 1. The van der Waals surface area contributed by atoms with Crippen LogP contribution in [-0.2, 0) is 19.4 Å². The monoisotopic (exact) mass is 264 g/mol. The maximum absolute atomic E-state index is 11.4. The highest BCUT2D eigenvalue weighted by molar-refractivity contribution is 7.91. The minimum atomic E-state index is -2.99. The summed E-state index contributed by atoms with van der Waals surface area (Å²) in [5, 5.41) is 11.4. The van der Waals surface area contributed by atoms with E-state index in [-0.39, 0.29) is 36.3 Å². The van der Waals surface area contributed by atoms with Crippen molar-refractivity contribution in [2.75, 3.05) is 18.1 Å². The lowest BCUT2D eigenvalue weighted by Gasteiger charge is -2.10. The third-order valence-corrected chi connectivity index (χ3v) is 4.46. The van der Waals surface area contributed by atoms with Crippen LogP contribution in [0.3, 0.4) is 0 Å². The molecule has 1 fully saturated rings. The maximum Gasteiger partial charge on any atom is 0.248 e. The zero-order valence-corrected chi connectivity index (χ0v) is 10.1. The summed E-state index contributed by atoms with van der Waals surface area (Å²) in [5.74, 6) is -1.32. The molecule has 7 nitrogen and oxygen atoms in total. The third-order valence-electron chi connectivity index (χ3n) is 2.62. The molecule has 0 bridgehead atoms. The van der Waals surface area contributed by atoms with Gasteiger partial charge in [0, 0.05) is 6.42 Å². The SMILES string of the molecule is NC(=O)C(O)CNC(=O)CC1CCS(=O)(=O)C1. The van der Waals surface area contributed by atoms with Crippen molar-refractivity contribution in [1.29, 1.82) is 0 Å². The second-order valence-electron chi connectivity index (χ2n) is 4.20. The summed E-state index contributed by atoms with van der Waals surface area (Å²) in [6.45, 7) is -0.242. The van der Waals surface area contributed by atoms with Crippen LogP contribution in [0.1, 0.15) is 12.8 Å². The Hall–Kier alpha value is -1.15. The predicted octanol–water partition coefficient (Wildman–Crippen LogP) is -2.23. The van der Waals surface area contributed by atoms with Gasteiger partial charge in [-0.2, -0.15) is 0 Å². The number of amides is 2. The first-order valence-electron chi connectivity index (χ1n) is 5.24. The van der Waals surface area contributed by atoms with Gasteiger partial charge in [-0.1, -0.05) is 0 Å². The highest BCUT2D eigenvalue weighted by Gasteiger charge is 2.29. The van der Waals surface area contributed by atoms with Crippen molar-refractivity contribution in [3.05, 3.63) is 0 Å². The maximum atomic E-state index is 11.4. The van der Waals surface area contributed by atoms with Crippen molar-refractivity contribution in [3.8, 4) is 0 Å². The molecule has 4 N–H and O–H groups in total. The molecule has 0 spiro atoms. The summed E-state index contributed by atoms with van der Waals surface area (Å²) >= 11 is 0. The smallest absolute Gasteiger partial charge is 0.248 e. The molecule has 1 aliphatic heterocycles. The summed E-state index contributed by atoms with van der Waals surface area (Å²) in [6, 6.07) is 0. The van der Waals surface area contributed by atoms with Gasteiger partial charge in [0.15, 0.2) is 9.84 Å². The molecule has 0 aromatic carbocycles. The van der Waals surface area contributed by atoms with Crippen LogP contribution in [0, 0.1) is 5.92 Å². The lowest BCUT2D eigenvalue weighted by atomic mass is 10.1. The molecule has 8 heteroatoms. The molecule has 1 saturated heterocycles. The Morgan fingerprint density at radius 3 is 2.59 bits per heavy atom. The fourth-order valence-electron chi connectivity index (χ4n) is 1.68. The van der Waals surface area contributed by atoms with Gasteiger partial charge in [0.2, 0.25) is 11.8 Å². The molecule has 1 aliphatic rings. The molecule has 0 saturated carbocycles. The topological polar surface area (TPSA) is 127 Å². The number of carbonyl (C=O) groups is 2. The van der Waals surface area contributed by atoms with Gasteiger partial charge in [0.05, 0.1) is 18.1 Å². The summed E-state index contributed by atoms with van der Waals surface area (Å²) < 4.78 is 22.3. The van der Waals surface area contributed by atoms with Crippen LogP contribution in [-0.4, -0.2) is 49.5 Å². The van der Waals surface area contributed by atoms with Gasteiger partial charge in [-0.15, -0.1) is 0 Å². The second kappa shape index (κ2) is 5.46. The van der Waals surface area contributed by atoms with Gasteiger partial charge >= 0.3 is 0 Å². The predicted molar refractivity (Wildman–Crippen MR) is 59.6 cm³/mol. The molecule has 17 heavy (non-hydrogen) atoms. The number of sulfone groups is 1. The zero-order chi connectivity index (χ0) is 13.1. The molecule has 0 radical (unpaired) electrons. The standard InChI is InChI=1S/C9H16N2O5S/c10-9(14)7(12)4-11-8(13)3-6-1-2-17(15,16)5-6/h6-7,12H,1-5H2,(H2,10,14)(H,11,13). The molecular weight excluding hydrogens is 248 g/mol. The molecule has 0 aromatic rings. The van der Waals surface area contributed by atoms with E-state index in [1.807, 2.05) is 0 Å². The number of hydrogen-bond donors (Lipinski definition) is 3. The van der Waals surface area contributed by atoms with Gasteiger partial charge in [-0.25, -0.2) is 8.42 Å². The lowest BCUT2D eigenvalue weighted by molar-refractivity contribution is -0.127. The highest BCUT2D eigenvalue weighted by Crippen LogP contribution is 2.21. The van der Waals surface area contributed by atoms with E-state index in [2.05, 4.69) is 5.32 Å². The van der Waals surface area contributed by atoms with E-state index in [1.165, 1.54) is 0 Å². The second-order valence-corrected chi connectivity index (χ2v) is 6.42. The molecule has 0 aromatic heterocycles. The van der Waals surface area contributed by atoms with Crippen LogP contribution >= 0.6 is 0 Å². The van der Waals surface area contributed by atoms with Gasteiger partial charge in [0.1, 0.15) is 6.10 Å². The van der Waals surface area contributed by atoms with E-state index in [4.69, 9.17) is 10.8 Å². The van der Waals surface area contributed by atoms with E-state index >= 15 is 0 Å². The zero-order valence-electron chi connectivity index (χ0n) is 9.26. The number of aliphatic hydroxyl groups is 1. The van der Waals surface area contributed by atoms with Crippen LogP contribution < -0.4 is 11.1 Å². The van der Waals surface area contributed by atoms with E-state index < -0.39 is 21.8 Å². The Kier molecular flexibility index (Phi) is 4.47. The van der Waals surface area contributed by atoms with Crippen molar-refractivity contribution in [2.45, 2.75) is 18.9 Å². The number of nitrogens with two attached hydrogens (primary N) is 1. The molecule has 2 amide bonds. The van der Waals surface area contributed by atoms with Crippen LogP contribution in [0.4, 0.5) is 0 Å². The van der Waals surface area contributed by atoms with Gasteiger partial charge in [-0.3, -0.25) is 9.59 Å². The fourth-order valence-corrected chi connectivity index (χ4v) is 3.54. The minimum Gasteiger partial charge on any atom is -0.381 e. The molecule has 2 unspecified atom stereocenters. The summed E-state index contributed by atoms with van der Waals surface area (Å²) in [6.07, 6.45) is -0.843. The Labute approximate surface area is 99.3 Å². The third kappa shape index (κ3) is 4.70. The number of aliphatic hydroxyl groups excluding tert-OH is 1. The summed E-state index contributed by atoms with van der Waals surface area (Å²) in [7, 11) is -2.99. The van der Waals surface area contributed by atoms with Crippen LogP contribution in [0.5, 0.6) is 0 Å². The van der Waals surface area contributed by atoms with Crippen LogP contribution in [0.15, 0.2) is 0 Å². The van der Waals surface area contributed by atoms with Gasteiger partial charge in [0.25, 0.3) is 0 Å². The van der Waals surface area contributed by atoms with Gasteiger partial charge in [-0.05, 0) is 12.3 Å². The normalized spacial score (nSPS) is 24.2. The largest absolute Gasteiger partial charge is 0.381 e. The number of carbonyl (C=O) groups excluding carboxylic acids is 2. The quantitative estimate of drug-likeness (QED) is 0.518. The molecular formula is C9H16N2O5S. The van der Waals surface area contributed by atoms with E-state index in [0.717, 1.165) is 0 Å². The van der Waals surface area contributed by atoms with E-state index in [9.17, 15) is 18.0 Å². The number of nitrogens with one attached hydrogen (secondary N) is 1. The number of hydrogen-bond acceptors (Lipinski definition) is 5. The van der Waals surface area contributed by atoms with Crippen LogP contribution in [0.25, 0.3) is 0 Å². The Bertz CT molecular complexity index is 406. The first-order valence-corrected chi connectivity index (χ1v) is 7.07. The molecule has 2 atom stereocenters. The Morgan fingerprint density at radius 2 is 2.12 bits per heavy atom. The first kappa shape index (κ1) is 13.9. The molecule has 1 heterocycles. The van der Waals surface area contributed by atoms with Crippen molar-refractivity contribution >= 4 is 21.7 Å². The van der Waals surface area contributed by atoms with E-state index in [1.54, 1.807) is 0 Å². The average molecular weight is 264 g/mol. The van der Waals surface area contributed by atoms with Crippen molar-refractivity contribution in [2.24, 2.45) is 11.7 Å². The Balaban J connectivity index is 2.29. The van der Waals surface area contributed by atoms with Gasteiger partial charge < -0.3 is 16.2 Å². The molecule has 0 aliphatic carbocycles. The fraction of sp³-hybridized carbons (Fsp3) is 0.778. The van der Waals surface area contributed by atoms with Crippen molar-refractivity contribution in [3.63, 3.8) is 0 Å². The Morgan fingerprint density at radius 1 is 1.47 bits per heavy atom. The molecule has 98 valence electrons. The number of rotatable bonds is 5. The minimum absolute atomic E-state index is 0.0266. The highest BCUT2D eigenvalue weighted by atomic mass is 32.2. The van der Waals surface area contributed by atoms with E-state index in [0.29, 0.717) is 6.42 Å². The molecule has 1 rings (SSSR count). The first-order chi connectivity index (χ1) is 7.80. The lowest BCUT2D eigenvalue weighted by Crippen LogP contribution is -2.40.